The van der Waals surface area contributed by atoms with E-state index in [1.807, 2.05) is 30.0 Å². The second kappa shape index (κ2) is 7.28. The molecule has 2 aliphatic heterocycles. The maximum absolute atomic E-state index is 12.8. The van der Waals surface area contributed by atoms with E-state index in [0.29, 0.717) is 0 Å². The number of hydrogen-bond acceptors (Lipinski definition) is 4. The van der Waals surface area contributed by atoms with E-state index in [2.05, 4.69) is 40.5 Å². The first-order chi connectivity index (χ1) is 12.7. The van der Waals surface area contributed by atoms with Crippen molar-refractivity contribution >= 4 is 17.3 Å². The lowest BCUT2D eigenvalue weighted by atomic mass is 10.1. The van der Waals surface area contributed by atoms with E-state index in [9.17, 15) is 4.79 Å². The van der Waals surface area contributed by atoms with Crippen LogP contribution in [0.2, 0.25) is 0 Å². The molecule has 1 saturated heterocycles. The lowest BCUT2D eigenvalue weighted by Gasteiger charge is -2.37. The van der Waals surface area contributed by atoms with Gasteiger partial charge in [-0.3, -0.25) is 4.79 Å². The van der Waals surface area contributed by atoms with Gasteiger partial charge in [0.15, 0.2) is 0 Å². The summed E-state index contributed by atoms with van der Waals surface area (Å²) < 4.78 is 5.61. The van der Waals surface area contributed by atoms with Crippen LogP contribution in [0.1, 0.15) is 12.5 Å². The largest absolute Gasteiger partial charge is 0.493 e. The Balaban J connectivity index is 1.33. The number of piperazine rings is 1. The van der Waals surface area contributed by atoms with Crippen LogP contribution in [0, 0.1) is 0 Å². The molecule has 2 aromatic carbocycles. The third kappa shape index (κ3) is 3.47. The molecule has 0 aliphatic carbocycles. The number of carbonyl (C=O) groups is 1. The van der Waals surface area contributed by atoms with Crippen LogP contribution in [0.4, 0.5) is 11.4 Å². The average molecular weight is 351 g/mol. The molecule has 1 N–H and O–H groups in total. The molecule has 0 bridgehead atoms. The van der Waals surface area contributed by atoms with E-state index >= 15 is 0 Å². The van der Waals surface area contributed by atoms with Gasteiger partial charge >= 0.3 is 0 Å². The SMILES string of the molecule is CC(Nc1ccc2c(c1)OCC2)C(=O)N1CCN(c2ccccc2)CC1. The minimum atomic E-state index is -0.252. The molecule has 1 unspecified atom stereocenters. The van der Waals surface area contributed by atoms with E-state index < -0.39 is 0 Å². The minimum absolute atomic E-state index is 0.152. The van der Waals surface area contributed by atoms with Crippen LogP contribution >= 0.6 is 0 Å². The number of carbonyl (C=O) groups excluding carboxylic acids is 1. The van der Waals surface area contributed by atoms with Gasteiger partial charge in [-0.2, -0.15) is 0 Å². The third-order valence-electron chi connectivity index (χ3n) is 5.16. The summed E-state index contributed by atoms with van der Waals surface area (Å²) in [5.74, 6) is 1.09. The van der Waals surface area contributed by atoms with Crippen molar-refractivity contribution in [1.82, 2.24) is 4.90 Å². The van der Waals surface area contributed by atoms with E-state index in [1.54, 1.807) is 0 Å². The van der Waals surface area contributed by atoms with Gasteiger partial charge in [-0.05, 0) is 30.7 Å². The van der Waals surface area contributed by atoms with E-state index in [-0.39, 0.29) is 11.9 Å². The Hall–Kier alpha value is -2.69. The molecule has 0 radical (unpaired) electrons. The van der Waals surface area contributed by atoms with Crippen LogP contribution in [-0.4, -0.2) is 49.6 Å². The lowest BCUT2D eigenvalue weighted by molar-refractivity contribution is -0.131. The number of amides is 1. The van der Waals surface area contributed by atoms with E-state index in [0.717, 1.165) is 50.6 Å². The normalized spacial score (nSPS) is 17.4. The zero-order chi connectivity index (χ0) is 17.9. The Morgan fingerprint density at radius 1 is 1.08 bits per heavy atom. The molecule has 1 amide bonds. The molecular formula is C21H25N3O2. The summed E-state index contributed by atoms with van der Waals surface area (Å²) in [4.78, 5) is 17.1. The minimum Gasteiger partial charge on any atom is -0.493 e. The first-order valence-electron chi connectivity index (χ1n) is 9.32. The Morgan fingerprint density at radius 2 is 1.85 bits per heavy atom. The number of nitrogens with one attached hydrogen (secondary N) is 1. The number of hydrogen-bond donors (Lipinski definition) is 1. The van der Waals surface area contributed by atoms with Crippen molar-refractivity contribution in [3.8, 4) is 5.75 Å². The maximum Gasteiger partial charge on any atom is 0.244 e. The van der Waals surface area contributed by atoms with Gasteiger partial charge in [-0.25, -0.2) is 0 Å². The van der Waals surface area contributed by atoms with Crippen LogP contribution in [0.25, 0.3) is 0 Å². The van der Waals surface area contributed by atoms with Crippen LogP contribution in [0.3, 0.4) is 0 Å². The molecule has 26 heavy (non-hydrogen) atoms. The topological polar surface area (TPSA) is 44.8 Å². The molecule has 1 atom stereocenters. The van der Waals surface area contributed by atoms with Gasteiger partial charge in [0.25, 0.3) is 0 Å². The molecule has 4 rings (SSSR count). The van der Waals surface area contributed by atoms with Crippen LogP contribution in [0.15, 0.2) is 48.5 Å². The quantitative estimate of drug-likeness (QED) is 0.920. The summed E-state index contributed by atoms with van der Waals surface area (Å²) in [5, 5.41) is 3.33. The van der Waals surface area contributed by atoms with Gasteiger partial charge in [0.05, 0.1) is 6.61 Å². The molecule has 0 aromatic heterocycles. The van der Waals surface area contributed by atoms with Crippen molar-refractivity contribution in [2.75, 3.05) is 43.0 Å². The van der Waals surface area contributed by atoms with Crippen molar-refractivity contribution in [2.24, 2.45) is 0 Å². The number of para-hydroxylation sites is 1. The third-order valence-corrected chi connectivity index (χ3v) is 5.16. The molecule has 1 fully saturated rings. The van der Waals surface area contributed by atoms with E-state index in [1.165, 1.54) is 11.3 Å². The number of nitrogens with zero attached hydrogens (tertiary/aromatic N) is 2. The highest BCUT2D eigenvalue weighted by atomic mass is 16.5. The smallest absolute Gasteiger partial charge is 0.244 e. The second-order valence-corrected chi connectivity index (χ2v) is 6.93. The van der Waals surface area contributed by atoms with Crippen molar-refractivity contribution in [3.05, 3.63) is 54.1 Å². The van der Waals surface area contributed by atoms with Gasteiger partial charge in [0.2, 0.25) is 5.91 Å². The summed E-state index contributed by atoms with van der Waals surface area (Å²) in [5.41, 5.74) is 3.41. The fraction of sp³-hybridized carbons (Fsp3) is 0.381. The molecule has 2 heterocycles. The van der Waals surface area contributed by atoms with Gasteiger partial charge < -0.3 is 19.9 Å². The summed E-state index contributed by atoms with van der Waals surface area (Å²) in [7, 11) is 0. The van der Waals surface area contributed by atoms with Gasteiger partial charge in [-0.15, -0.1) is 0 Å². The maximum atomic E-state index is 12.8. The van der Waals surface area contributed by atoms with Crippen LogP contribution in [0.5, 0.6) is 5.75 Å². The van der Waals surface area contributed by atoms with Crippen molar-refractivity contribution in [3.63, 3.8) is 0 Å². The summed E-state index contributed by atoms with van der Waals surface area (Å²) >= 11 is 0. The number of rotatable bonds is 4. The predicted octanol–water partition coefficient (Wildman–Crippen LogP) is 2.77. The van der Waals surface area contributed by atoms with Gasteiger partial charge in [0.1, 0.15) is 11.8 Å². The summed E-state index contributed by atoms with van der Waals surface area (Å²) in [6.07, 6.45) is 0.968. The molecule has 0 saturated carbocycles. The van der Waals surface area contributed by atoms with Crippen LogP contribution in [-0.2, 0) is 11.2 Å². The monoisotopic (exact) mass is 351 g/mol. The standard InChI is InChI=1S/C21H25N3O2/c1-16(22-18-8-7-17-9-14-26-20(17)15-18)21(25)24-12-10-23(11-13-24)19-5-3-2-4-6-19/h2-8,15-16,22H,9-14H2,1H3. The first kappa shape index (κ1) is 16.8. The van der Waals surface area contributed by atoms with Crippen molar-refractivity contribution in [1.29, 1.82) is 0 Å². The molecule has 5 nitrogen and oxygen atoms in total. The zero-order valence-corrected chi connectivity index (χ0v) is 15.1. The first-order valence-corrected chi connectivity index (χ1v) is 9.32. The number of fused-ring (bicyclic) bond motifs is 1. The fourth-order valence-electron chi connectivity index (χ4n) is 3.67. The Morgan fingerprint density at radius 3 is 2.62 bits per heavy atom. The number of anilines is 2. The lowest BCUT2D eigenvalue weighted by Crippen LogP contribution is -2.52. The Bertz CT molecular complexity index is 770. The Labute approximate surface area is 154 Å². The molecular weight excluding hydrogens is 326 g/mol. The fourth-order valence-corrected chi connectivity index (χ4v) is 3.67. The van der Waals surface area contributed by atoms with E-state index in [4.69, 9.17) is 4.74 Å². The molecule has 5 heteroatoms. The van der Waals surface area contributed by atoms with Gasteiger partial charge in [0, 0.05) is 50.0 Å². The summed E-state index contributed by atoms with van der Waals surface area (Å²) in [6.45, 7) is 5.93. The molecule has 2 aliphatic rings. The second-order valence-electron chi connectivity index (χ2n) is 6.93. The summed E-state index contributed by atoms with van der Waals surface area (Å²) in [6, 6.07) is 16.2. The highest BCUT2D eigenvalue weighted by Gasteiger charge is 2.25. The molecule has 0 spiro atoms. The van der Waals surface area contributed by atoms with Crippen molar-refractivity contribution < 1.29 is 9.53 Å². The highest BCUT2D eigenvalue weighted by Crippen LogP contribution is 2.28. The number of benzene rings is 2. The predicted molar refractivity (Wildman–Crippen MR) is 104 cm³/mol. The highest BCUT2D eigenvalue weighted by molar-refractivity contribution is 5.84. The van der Waals surface area contributed by atoms with Gasteiger partial charge in [-0.1, -0.05) is 24.3 Å². The zero-order valence-electron chi connectivity index (χ0n) is 15.1. The number of ether oxygens (including phenoxy) is 1. The van der Waals surface area contributed by atoms with Crippen LogP contribution < -0.4 is 15.0 Å². The Kier molecular flexibility index (Phi) is 4.69. The van der Waals surface area contributed by atoms with Crippen molar-refractivity contribution in [2.45, 2.75) is 19.4 Å². The average Bonchev–Trinajstić information content (AvgIpc) is 3.16. The molecule has 2 aromatic rings. The molecule has 136 valence electrons.